The molecule has 0 saturated heterocycles. The maximum atomic E-state index is 4.97. The monoisotopic (exact) mass is 211 g/mol. The second-order valence-corrected chi connectivity index (χ2v) is 3.60. The van der Waals surface area contributed by atoms with Crippen molar-refractivity contribution >= 4 is 0 Å². The molecule has 0 radical (unpaired) electrons. The van der Waals surface area contributed by atoms with Crippen LogP contribution in [0.3, 0.4) is 0 Å². The van der Waals surface area contributed by atoms with Crippen molar-refractivity contribution in [3.63, 3.8) is 0 Å². The average molecular weight is 211 g/mol. The van der Waals surface area contributed by atoms with Gasteiger partial charge in [0.15, 0.2) is 0 Å². The molecule has 0 unspecified atom stereocenters. The third-order valence-corrected chi connectivity index (χ3v) is 2.28. The summed E-state index contributed by atoms with van der Waals surface area (Å²) in [5.74, 6) is 0. The molecule has 0 atom stereocenters. The zero-order chi connectivity index (χ0) is 10.8. The van der Waals surface area contributed by atoms with E-state index in [1.807, 2.05) is 18.7 Å². The van der Waals surface area contributed by atoms with E-state index >= 15 is 0 Å². The van der Waals surface area contributed by atoms with Crippen LogP contribution in [0.2, 0.25) is 0 Å². The first-order chi connectivity index (χ1) is 7.43. The largest absolute Gasteiger partial charge is 0.385 e. The third kappa shape index (κ3) is 6.25. The molecule has 0 aliphatic rings. The molecule has 0 amide bonds. The standard InChI is InChI=1S/C11H21N3O/c1-15-10-4-6-12-5-2-3-8-14-9-7-13-11-14/h7,9,11-12H,2-6,8,10H2,1H3. The van der Waals surface area contributed by atoms with Crippen molar-refractivity contribution in [3.8, 4) is 0 Å². The molecule has 1 heterocycles. The number of hydrogen-bond donors (Lipinski definition) is 1. The molecular formula is C11H21N3O. The molecule has 0 fully saturated rings. The summed E-state index contributed by atoms with van der Waals surface area (Å²) >= 11 is 0. The highest BCUT2D eigenvalue weighted by Crippen LogP contribution is 1.93. The lowest BCUT2D eigenvalue weighted by Gasteiger charge is -2.04. The first-order valence-electron chi connectivity index (χ1n) is 5.59. The second kappa shape index (κ2) is 8.44. The molecule has 1 N–H and O–H groups in total. The lowest BCUT2D eigenvalue weighted by Crippen LogP contribution is -2.18. The van der Waals surface area contributed by atoms with E-state index in [0.29, 0.717) is 0 Å². The van der Waals surface area contributed by atoms with Gasteiger partial charge in [0.1, 0.15) is 0 Å². The zero-order valence-electron chi connectivity index (χ0n) is 9.48. The van der Waals surface area contributed by atoms with Crippen LogP contribution in [-0.2, 0) is 11.3 Å². The highest BCUT2D eigenvalue weighted by atomic mass is 16.5. The number of rotatable bonds is 9. The van der Waals surface area contributed by atoms with E-state index in [2.05, 4.69) is 14.9 Å². The highest BCUT2D eigenvalue weighted by molar-refractivity contribution is 4.73. The fraction of sp³-hybridized carbons (Fsp3) is 0.727. The van der Waals surface area contributed by atoms with Crippen molar-refractivity contribution < 1.29 is 4.74 Å². The first kappa shape index (κ1) is 12.2. The van der Waals surface area contributed by atoms with Gasteiger partial charge < -0.3 is 14.6 Å². The van der Waals surface area contributed by atoms with Crippen LogP contribution in [0.15, 0.2) is 18.7 Å². The minimum atomic E-state index is 0.849. The van der Waals surface area contributed by atoms with Gasteiger partial charge in [0.25, 0.3) is 0 Å². The van der Waals surface area contributed by atoms with Gasteiger partial charge in [0.2, 0.25) is 0 Å². The summed E-state index contributed by atoms with van der Waals surface area (Å²) in [6, 6.07) is 0. The Morgan fingerprint density at radius 2 is 2.13 bits per heavy atom. The Labute approximate surface area is 91.7 Å². The van der Waals surface area contributed by atoms with E-state index in [9.17, 15) is 0 Å². The number of nitrogens with zero attached hydrogens (tertiary/aromatic N) is 2. The van der Waals surface area contributed by atoms with Crippen molar-refractivity contribution in [1.29, 1.82) is 0 Å². The Balaban J connectivity index is 1.81. The van der Waals surface area contributed by atoms with Crippen LogP contribution in [0.4, 0.5) is 0 Å². The van der Waals surface area contributed by atoms with Gasteiger partial charge in [0, 0.05) is 32.7 Å². The van der Waals surface area contributed by atoms with Gasteiger partial charge in [-0.25, -0.2) is 4.98 Å². The summed E-state index contributed by atoms with van der Waals surface area (Å²) in [4.78, 5) is 4.00. The molecule has 1 rings (SSSR count). The smallest absolute Gasteiger partial charge is 0.0945 e. The lowest BCUT2D eigenvalue weighted by molar-refractivity contribution is 0.194. The van der Waals surface area contributed by atoms with Gasteiger partial charge in [-0.15, -0.1) is 0 Å². The molecule has 0 aliphatic carbocycles. The maximum absolute atomic E-state index is 4.97. The molecule has 1 aromatic heterocycles. The van der Waals surface area contributed by atoms with Crippen LogP contribution in [-0.4, -0.2) is 36.4 Å². The Morgan fingerprint density at radius 3 is 2.87 bits per heavy atom. The topological polar surface area (TPSA) is 39.1 Å². The molecule has 0 bridgehead atoms. The molecule has 0 aromatic carbocycles. The number of hydrogen-bond acceptors (Lipinski definition) is 3. The normalized spacial score (nSPS) is 10.7. The summed E-state index contributed by atoms with van der Waals surface area (Å²) in [5, 5.41) is 3.40. The van der Waals surface area contributed by atoms with Crippen molar-refractivity contribution in [3.05, 3.63) is 18.7 Å². The summed E-state index contributed by atoms with van der Waals surface area (Å²) in [7, 11) is 1.74. The Kier molecular flexibility index (Phi) is 6.86. The van der Waals surface area contributed by atoms with E-state index in [1.165, 1.54) is 12.8 Å². The van der Waals surface area contributed by atoms with E-state index < -0.39 is 0 Å². The van der Waals surface area contributed by atoms with Crippen molar-refractivity contribution in [2.75, 3.05) is 26.8 Å². The maximum Gasteiger partial charge on any atom is 0.0945 e. The Hall–Kier alpha value is -0.870. The van der Waals surface area contributed by atoms with Gasteiger partial charge >= 0.3 is 0 Å². The van der Waals surface area contributed by atoms with Crippen molar-refractivity contribution in [2.45, 2.75) is 25.8 Å². The summed E-state index contributed by atoms with van der Waals surface area (Å²) in [5.41, 5.74) is 0. The number of ether oxygens (including phenoxy) is 1. The van der Waals surface area contributed by atoms with E-state index in [4.69, 9.17) is 4.74 Å². The highest BCUT2D eigenvalue weighted by Gasteiger charge is 1.91. The summed E-state index contributed by atoms with van der Waals surface area (Å²) in [6.07, 6.45) is 9.21. The first-order valence-corrected chi connectivity index (χ1v) is 5.59. The van der Waals surface area contributed by atoms with Crippen LogP contribution in [0.25, 0.3) is 0 Å². The number of aryl methyl sites for hydroxylation is 1. The quantitative estimate of drug-likeness (QED) is 0.626. The number of imidazole rings is 1. The van der Waals surface area contributed by atoms with Gasteiger partial charge in [0.05, 0.1) is 6.33 Å². The van der Waals surface area contributed by atoms with Crippen LogP contribution in [0, 0.1) is 0 Å². The Morgan fingerprint density at radius 1 is 1.27 bits per heavy atom. The predicted octanol–water partition coefficient (Wildman–Crippen LogP) is 1.29. The SMILES string of the molecule is COCCCNCCCCn1ccnc1. The van der Waals surface area contributed by atoms with Gasteiger partial charge in [-0.1, -0.05) is 0 Å². The second-order valence-electron chi connectivity index (χ2n) is 3.60. The predicted molar refractivity (Wildman–Crippen MR) is 60.8 cm³/mol. The zero-order valence-corrected chi connectivity index (χ0v) is 9.48. The molecule has 0 spiro atoms. The van der Waals surface area contributed by atoms with E-state index in [-0.39, 0.29) is 0 Å². The molecule has 0 aliphatic heterocycles. The molecule has 1 aromatic rings. The minimum Gasteiger partial charge on any atom is -0.385 e. The molecule has 15 heavy (non-hydrogen) atoms. The van der Waals surface area contributed by atoms with Gasteiger partial charge in [-0.2, -0.15) is 0 Å². The van der Waals surface area contributed by atoms with Gasteiger partial charge in [-0.05, 0) is 32.4 Å². The minimum absolute atomic E-state index is 0.849. The fourth-order valence-corrected chi connectivity index (χ4v) is 1.43. The Bertz CT molecular complexity index is 224. The van der Waals surface area contributed by atoms with E-state index in [1.54, 1.807) is 7.11 Å². The lowest BCUT2D eigenvalue weighted by atomic mass is 10.3. The van der Waals surface area contributed by atoms with Crippen LogP contribution in [0.5, 0.6) is 0 Å². The molecule has 4 heteroatoms. The molecule has 4 nitrogen and oxygen atoms in total. The van der Waals surface area contributed by atoms with E-state index in [0.717, 1.165) is 32.7 Å². The number of unbranched alkanes of at least 4 members (excludes halogenated alkanes) is 1. The van der Waals surface area contributed by atoms with Crippen LogP contribution >= 0.6 is 0 Å². The third-order valence-electron chi connectivity index (χ3n) is 2.28. The summed E-state index contributed by atoms with van der Waals surface area (Å²) in [6.45, 7) is 4.07. The average Bonchev–Trinajstić information content (AvgIpc) is 2.75. The van der Waals surface area contributed by atoms with Gasteiger partial charge in [-0.3, -0.25) is 0 Å². The van der Waals surface area contributed by atoms with Crippen LogP contribution in [0.1, 0.15) is 19.3 Å². The molecule has 0 saturated carbocycles. The summed E-state index contributed by atoms with van der Waals surface area (Å²) < 4.78 is 7.08. The number of nitrogens with one attached hydrogen (secondary N) is 1. The molecule has 86 valence electrons. The van der Waals surface area contributed by atoms with Crippen LogP contribution < -0.4 is 5.32 Å². The van der Waals surface area contributed by atoms with Crippen molar-refractivity contribution in [1.82, 2.24) is 14.9 Å². The number of aromatic nitrogens is 2. The molecular weight excluding hydrogens is 190 g/mol. The number of methoxy groups -OCH3 is 1. The fourth-order valence-electron chi connectivity index (χ4n) is 1.43. The van der Waals surface area contributed by atoms with Crippen molar-refractivity contribution in [2.24, 2.45) is 0 Å².